The van der Waals surface area contributed by atoms with E-state index in [1.165, 1.54) is 0 Å². The minimum atomic E-state index is -0.450. The average molecular weight is 307 g/mol. The molecule has 0 amide bonds. The van der Waals surface area contributed by atoms with E-state index in [0.29, 0.717) is 0 Å². The van der Waals surface area contributed by atoms with Crippen LogP contribution in [0.1, 0.15) is 24.2 Å². The van der Waals surface area contributed by atoms with E-state index in [4.69, 9.17) is 4.74 Å². The van der Waals surface area contributed by atoms with Crippen LogP contribution in [-0.4, -0.2) is 5.11 Å². The molecule has 0 saturated heterocycles. The first kappa shape index (κ1) is 13.1. The Kier molecular flexibility index (Phi) is 4.04. The van der Waals surface area contributed by atoms with Gasteiger partial charge < -0.3 is 9.84 Å². The molecule has 3 heteroatoms. The summed E-state index contributed by atoms with van der Waals surface area (Å²) < 4.78 is 6.84. The molecule has 94 valence electrons. The summed E-state index contributed by atoms with van der Waals surface area (Å²) in [6.45, 7) is 3.75. The number of aryl methyl sites for hydroxylation is 1. The molecule has 18 heavy (non-hydrogen) atoms. The quantitative estimate of drug-likeness (QED) is 0.897. The summed E-state index contributed by atoms with van der Waals surface area (Å²) >= 11 is 3.42. The summed E-state index contributed by atoms with van der Waals surface area (Å²) in [6, 6.07) is 13.4. The van der Waals surface area contributed by atoms with Crippen LogP contribution < -0.4 is 4.74 Å². The van der Waals surface area contributed by atoms with Gasteiger partial charge in [0.1, 0.15) is 11.5 Å². The van der Waals surface area contributed by atoms with E-state index in [-0.39, 0.29) is 0 Å². The monoisotopic (exact) mass is 306 g/mol. The van der Waals surface area contributed by atoms with Gasteiger partial charge in [0.05, 0.1) is 6.10 Å². The van der Waals surface area contributed by atoms with E-state index in [2.05, 4.69) is 15.9 Å². The normalized spacial score (nSPS) is 12.2. The molecular weight excluding hydrogens is 292 g/mol. The maximum absolute atomic E-state index is 9.43. The standard InChI is InChI=1S/C15H15BrO2/c1-10-9-13(16)5-8-15(10)18-14-6-3-12(4-7-14)11(2)17/h3-9,11,17H,1-2H3/t11-/m0/s1. The number of aliphatic hydroxyl groups is 1. The van der Waals surface area contributed by atoms with Crippen LogP contribution in [0.2, 0.25) is 0 Å². The number of halogens is 1. The van der Waals surface area contributed by atoms with Crippen molar-refractivity contribution < 1.29 is 9.84 Å². The van der Waals surface area contributed by atoms with Crippen LogP contribution in [0.4, 0.5) is 0 Å². The van der Waals surface area contributed by atoms with Gasteiger partial charge in [-0.2, -0.15) is 0 Å². The summed E-state index contributed by atoms with van der Waals surface area (Å²) in [5, 5.41) is 9.43. The molecule has 2 rings (SSSR count). The third-order valence-electron chi connectivity index (χ3n) is 2.73. The number of ether oxygens (including phenoxy) is 1. The third kappa shape index (κ3) is 3.12. The Hall–Kier alpha value is -1.32. The Bertz CT molecular complexity index is 533. The molecule has 0 unspecified atom stereocenters. The van der Waals surface area contributed by atoms with Gasteiger partial charge in [-0.15, -0.1) is 0 Å². The number of benzene rings is 2. The molecule has 2 aromatic carbocycles. The third-order valence-corrected chi connectivity index (χ3v) is 3.22. The fraction of sp³-hybridized carbons (Fsp3) is 0.200. The Morgan fingerprint density at radius 2 is 1.78 bits per heavy atom. The number of aliphatic hydroxyl groups excluding tert-OH is 1. The molecule has 2 aromatic rings. The average Bonchev–Trinajstić information content (AvgIpc) is 2.33. The van der Waals surface area contributed by atoms with Crippen molar-refractivity contribution in [2.45, 2.75) is 20.0 Å². The van der Waals surface area contributed by atoms with Crippen LogP contribution in [0, 0.1) is 6.92 Å². The van der Waals surface area contributed by atoms with Gasteiger partial charge in [0.2, 0.25) is 0 Å². The fourth-order valence-electron chi connectivity index (χ4n) is 1.67. The predicted molar refractivity (Wildman–Crippen MR) is 76.0 cm³/mol. The van der Waals surface area contributed by atoms with Crippen LogP contribution in [0.15, 0.2) is 46.9 Å². The van der Waals surface area contributed by atoms with E-state index in [1.54, 1.807) is 6.92 Å². The molecule has 1 atom stereocenters. The Labute approximate surface area is 115 Å². The molecule has 0 aliphatic carbocycles. The van der Waals surface area contributed by atoms with Gasteiger partial charge in [0, 0.05) is 4.47 Å². The van der Waals surface area contributed by atoms with Crippen molar-refractivity contribution in [2.24, 2.45) is 0 Å². The molecule has 0 aliphatic heterocycles. The first-order valence-electron chi connectivity index (χ1n) is 5.78. The maximum Gasteiger partial charge on any atom is 0.130 e. The molecule has 1 N–H and O–H groups in total. The summed E-state index contributed by atoms with van der Waals surface area (Å²) in [4.78, 5) is 0. The number of hydrogen-bond donors (Lipinski definition) is 1. The largest absolute Gasteiger partial charge is 0.457 e. The van der Waals surface area contributed by atoms with Crippen LogP contribution in [0.3, 0.4) is 0 Å². The van der Waals surface area contributed by atoms with Gasteiger partial charge in [-0.1, -0.05) is 28.1 Å². The lowest BCUT2D eigenvalue weighted by molar-refractivity contribution is 0.199. The Morgan fingerprint density at radius 3 is 2.33 bits per heavy atom. The van der Waals surface area contributed by atoms with Crippen LogP contribution in [0.25, 0.3) is 0 Å². The first-order chi connectivity index (χ1) is 8.56. The molecule has 0 aliphatic rings. The summed E-state index contributed by atoms with van der Waals surface area (Å²) in [5.41, 5.74) is 1.96. The molecule has 0 radical (unpaired) electrons. The highest BCUT2D eigenvalue weighted by molar-refractivity contribution is 9.10. The number of hydrogen-bond acceptors (Lipinski definition) is 2. The lowest BCUT2D eigenvalue weighted by Crippen LogP contribution is -1.91. The van der Waals surface area contributed by atoms with E-state index in [0.717, 1.165) is 27.1 Å². The highest BCUT2D eigenvalue weighted by Gasteiger charge is 2.04. The fourth-order valence-corrected chi connectivity index (χ4v) is 2.14. The van der Waals surface area contributed by atoms with Gasteiger partial charge in [-0.3, -0.25) is 0 Å². The number of rotatable bonds is 3. The van der Waals surface area contributed by atoms with Crippen molar-refractivity contribution in [3.63, 3.8) is 0 Å². The van der Waals surface area contributed by atoms with Gasteiger partial charge >= 0.3 is 0 Å². The van der Waals surface area contributed by atoms with Crippen LogP contribution in [0.5, 0.6) is 11.5 Å². The summed E-state index contributed by atoms with van der Waals surface area (Å²) in [7, 11) is 0. The van der Waals surface area contributed by atoms with Crippen molar-refractivity contribution in [1.29, 1.82) is 0 Å². The summed E-state index contributed by atoms with van der Waals surface area (Å²) in [5.74, 6) is 1.60. The molecular formula is C15H15BrO2. The Balaban J connectivity index is 2.18. The van der Waals surface area contributed by atoms with Gasteiger partial charge in [-0.25, -0.2) is 0 Å². The van der Waals surface area contributed by atoms with Gasteiger partial charge in [-0.05, 0) is 55.3 Å². The Morgan fingerprint density at radius 1 is 1.11 bits per heavy atom. The van der Waals surface area contributed by atoms with Crippen molar-refractivity contribution in [3.05, 3.63) is 58.1 Å². The van der Waals surface area contributed by atoms with E-state index in [1.807, 2.05) is 49.4 Å². The highest BCUT2D eigenvalue weighted by Crippen LogP contribution is 2.28. The van der Waals surface area contributed by atoms with Crippen molar-refractivity contribution in [3.8, 4) is 11.5 Å². The lowest BCUT2D eigenvalue weighted by atomic mass is 10.1. The van der Waals surface area contributed by atoms with Crippen molar-refractivity contribution in [1.82, 2.24) is 0 Å². The predicted octanol–water partition coefficient (Wildman–Crippen LogP) is 4.60. The van der Waals surface area contributed by atoms with E-state index in [9.17, 15) is 5.11 Å². The molecule has 0 bridgehead atoms. The van der Waals surface area contributed by atoms with Crippen molar-refractivity contribution >= 4 is 15.9 Å². The first-order valence-corrected chi connectivity index (χ1v) is 6.57. The van der Waals surface area contributed by atoms with Gasteiger partial charge in [0.15, 0.2) is 0 Å². The van der Waals surface area contributed by atoms with E-state index >= 15 is 0 Å². The molecule has 0 heterocycles. The smallest absolute Gasteiger partial charge is 0.130 e. The molecule has 0 fully saturated rings. The zero-order chi connectivity index (χ0) is 13.1. The second-order valence-corrected chi connectivity index (χ2v) is 5.17. The molecule has 0 aromatic heterocycles. The minimum absolute atomic E-state index is 0.450. The zero-order valence-corrected chi connectivity index (χ0v) is 11.9. The van der Waals surface area contributed by atoms with Crippen molar-refractivity contribution in [2.75, 3.05) is 0 Å². The minimum Gasteiger partial charge on any atom is -0.457 e. The lowest BCUT2D eigenvalue weighted by Gasteiger charge is -2.10. The molecule has 2 nitrogen and oxygen atoms in total. The zero-order valence-electron chi connectivity index (χ0n) is 10.4. The van der Waals surface area contributed by atoms with Gasteiger partial charge in [0.25, 0.3) is 0 Å². The molecule has 0 spiro atoms. The SMILES string of the molecule is Cc1cc(Br)ccc1Oc1ccc([C@H](C)O)cc1. The van der Waals surface area contributed by atoms with Crippen LogP contribution in [-0.2, 0) is 0 Å². The van der Waals surface area contributed by atoms with E-state index < -0.39 is 6.10 Å². The van der Waals surface area contributed by atoms with Crippen LogP contribution >= 0.6 is 15.9 Å². The second-order valence-electron chi connectivity index (χ2n) is 4.26. The second kappa shape index (κ2) is 5.55. The topological polar surface area (TPSA) is 29.5 Å². The maximum atomic E-state index is 9.43. The summed E-state index contributed by atoms with van der Waals surface area (Å²) in [6.07, 6.45) is -0.450. The highest BCUT2D eigenvalue weighted by atomic mass is 79.9. The molecule has 0 saturated carbocycles.